The van der Waals surface area contributed by atoms with E-state index in [1.807, 2.05) is 0 Å². The number of epoxide rings is 1. The molecular formula is C9H7FN4O. The molecule has 6 heteroatoms. The fourth-order valence-electron chi connectivity index (χ4n) is 1.43. The molecule has 0 amide bonds. The summed E-state index contributed by atoms with van der Waals surface area (Å²) < 4.78 is 20.0. The first kappa shape index (κ1) is 8.49. The van der Waals surface area contributed by atoms with Crippen molar-refractivity contribution < 1.29 is 9.13 Å². The van der Waals surface area contributed by atoms with Crippen LogP contribution >= 0.6 is 0 Å². The maximum atomic E-state index is 13.6. The third-order valence-corrected chi connectivity index (χ3v) is 2.28. The van der Waals surface area contributed by atoms with Crippen LogP contribution in [0.25, 0.3) is 5.69 Å². The number of tetrazole rings is 1. The standard InChI is InChI=1S/C9H7FN4O/c10-8-3-6(14-5-11-12-13-14)1-2-7(8)9-4-15-9/h1-3,5,9H,4H2. The minimum Gasteiger partial charge on any atom is -0.368 e. The number of hydrogen-bond acceptors (Lipinski definition) is 4. The number of benzene rings is 1. The normalized spacial score (nSPS) is 19.1. The van der Waals surface area contributed by atoms with Crippen molar-refractivity contribution in [2.24, 2.45) is 0 Å². The van der Waals surface area contributed by atoms with Crippen LogP contribution in [0.2, 0.25) is 0 Å². The zero-order valence-corrected chi connectivity index (χ0v) is 7.67. The molecule has 5 nitrogen and oxygen atoms in total. The largest absolute Gasteiger partial charge is 0.368 e. The second kappa shape index (κ2) is 3.09. The molecule has 0 bridgehead atoms. The van der Waals surface area contributed by atoms with Crippen molar-refractivity contribution in [1.29, 1.82) is 0 Å². The Kier molecular flexibility index (Phi) is 1.75. The van der Waals surface area contributed by atoms with E-state index in [4.69, 9.17) is 4.74 Å². The Labute approximate surface area is 84.5 Å². The van der Waals surface area contributed by atoms with Crippen molar-refractivity contribution in [2.45, 2.75) is 6.10 Å². The third kappa shape index (κ3) is 1.48. The van der Waals surface area contributed by atoms with Crippen LogP contribution in [-0.2, 0) is 4.74 Å². The van der Waals surface area contributed by atoms with E-state index in [2.05, 4.69) is 15.5 Å². The van der Waals surface area contributed by atoms with Crippen molar-refractivity contribution in [3.63, 3.8) is 0 Å². The molecule has 3 rings (SSSR count). The molecule has 76 valence electrons. The minimum absolute atomic E-state index is 0.0760. The Morgan fingerprint density at radius 3 is 2.93 bits per heavy atom. The first-order chi connectivity index (χ1) is 7.34. The minimum atomic E-state index is -0.287. The molecule has 1 atom stereocenters. The molecular weight excluding hydrogens is 199 g/mol. The van der Waals surface area contributed by atoms with Gasteiger partial charge in [0.1, 0.15) is 18.2 Å². The van der Waals surface area contributed by atoms with Gasteiger partial charge in [0.2, 0.25) is 0 Å². The van der Waals surface area contributed by atoms with Crippen molar-refractivity contribution >= 4 is 0 Å². The summed E-state index contributed by atoms with van der Waals surface area (Å²) in [5, 5.41) is 10.6. The fraction of sp³-hybridized carbons (Fsp3) is 0.222. The van der Waals surface area contributed by atoms with Crippen molar-refractivity contribution in [2.75, 3.05) is 6.61 Å². The zero-order chi connectivity index (χ0) is 10.3. The van der Waals surface area contributed by atoms with Gasteiger partial charge in [-0.25, -0.2) is 9.07 Å². The van der Waals surface area contributed by atoms with Crippen LogP contribution in [0.1, 0.15) is 11.7 Å². The highest BCUT2D eigenvalue weighted by Crippen LogP contribution is 2.32. The fourth-order valence-corrected chi connectivity index (χ4v) is 1.43. The number of nitrogens with zero attached hydrogens (tertiary/aromatic N) is 4. The summed E-state index contributed by atoms with van der Waals surface area (Å²) in [6.07, 6.45) is 1.34. The average molecular weight is 206 g/mol. The Balaban J connectivity index is 2.01. The van der Waals surface area contributed by atoms with Gasteiger partial charge in [-0.2, -0.15) is 0 Å². The highest BCUT2D eigenvalue weighted by Gasteiger charge is 2.27. The van der Waals surface area contributed by atoms with Crippen LogP contribution in [0, 0.1) is 5.82 Å². The highest BCUT2D eigenvalue weighted by atomic mass is 19.1. The summed E-state index contributed by atoms with van der Waals surface area (Å²) in [4.78, 5) is 0. The molecule has 1 unspecified atom stereocenters. The Hall–Kier alpha value is -1.82. The van der Waals surface area contributed by atoms with E-state index < -0.39 is 0 Å². The van der Waals surface area contributed by atoms with Gasteiger partial charge in [-0.15, -0.1) is 5.10 Å². The lowest BCUT2D eigenvalue weighted by Crippen LogP contribution is -1.97. The van der Waals surface area contributed by atoms with Crippen LogP contribution < -0.4 is 0 Å². The predicted molar refractivity (Wildman–Crippen MR) is 47.8 cm³/mol. The smallest absolute Gasteiger partial charge is 0.143 e. The average Bonchev–Trinajstić information content (AvgIpc) is 2.93. The summed E-state index contributed by atoms with van der Waals surface area (Å²) in [6, 6.07) is 4.86. The maximum Gasteiger partial charge on any atom is 0.143 e. The van der Waals surface area contributed by atoms with Gasteiger partial charge >= 0.3 is 0 Å². The molecule has 1 saturated heterocycles. The van der Waals surface area contributed by atoms with Gasteiger partial charge in [-0.1, -0.05) is 6.07 Å². The Morgan fingerprint density at radius 2 is 2.33 bits per heavy atom. The van der Waals surface area contributed by atoms with E-state index in [1.54, 1.807) is 12.1 Å². The van der Waals surface area contributed by atoms with Gasteiger partial charge in [0, 0.05) is 11.6 Å². The van der Waals surface area contributed by atoms with Crippen LogP contribution in [-0.4, -0.2) is 26.8 Å². The molecule has 0 aliphatic carbocycles. The first-order valence-corrected chi connectivity index (χ1v) is 4.49. The molecule has 2 aromatic rings. The molecule has 1 aliphatic rings. The SMILES string of the molecule is Fc1cc(-n2cnnn2)ccc1C1CO1. The zero-order valence-electron chi connectivity index (χ0n) is 7.67. The molecule has 1 aromatic carbocycles. The lowest BCUT2D eigenvalue weighted by atomic mass is 10.1. The number of hydrogen-bond donors (Lipinski definition) is 0. The molecule has 0 spiro atoms. The van der Waals surface area contributed by atoms with Crippen molar-refractivity contribution in [3.05, 3.63) is 35.9 Å². The summed E-state index contributed by atoms with van der Waals surface area (Å²) in [5.41, 5.74) is 1.19. The van der Waals surface area contributed by atoms with Gasteiger partial charge in [-0.3, -0.25) is 0 Å². The lowest BCUT2D eigenvalue weighted by Gasteiger charge is -2.02. The highest BCUT2D eigenvalue weighted by molar-refractivity contribution is 5.36. The summed E-state index contributed by atoms with van der Waals surface area (Å²) >= 11 is 0. The number of halogens is 1. The van der Waals surface area contributed by atoms with Crippen LogP contribution in [0.4, 0.5) is 4.39 Å². The van der Waals surface area contributed by atoms with Gasteiger partial charge in [0.25, 0.3) is 0 Å². The van der Waals surface area contributed by atoms with Crippen molar-refractivity contribution in [3.8, 4) is 5.69 Å². The first-order valence-electron chi connectivity index (χ1n) is 4.49. The molecule has 15 heavy (non-hydrogen) atoms. The summed E-state index contributed by atoms with van der Waals surface area (Å²) in [7, 11) is 0. The summed E-state index contributed by atoms with van der Waals surface area (Å²) in [6.45, 7) is 0.598. The molecule has 0 radical (unpaired) electrons. The van der Waals surface area contributed by atoms with E-state index in [1.165, 1.54) is 17.1 Å². The Morgan fingerprint density at radius 1 is 1.47 bits per heavy atom. The van der Waals surface area contributed by atoms with Gasteiger partial charge < -0.3 is 4.74 Å². The lowest BCUT2D eigenvalue weighted by molar-refractivity contribution is 0.408. The van der Waals surface area contributed by atoms with Crippen LogP contribution in [0.15, 0.2) is 24.5 Å². The van der Waals surface area contributed by atoms with Gasteiger partial charge in [0.05, 0.1) is 12.3 Å². The van der Waals surface area contributed by atoms with Crippen LogP contribution in [0.3, 0.4) is 0 Å². The second-order valence-electron chi connectivity index (χ2n) is 3.28. The number of rotatable bonds is 2. The van der Waals surface area contributed by atoms with Crippen LogP contribution in [0.5, 0.6) is 0 Å². The molecule has 2 heterocycles. The van der Waals surface area contributed by atoms with E-state index in [0.717, 1.165) is 0 Å². The Bertz CT molecular complexity index is 481. The molecule has 1 aromatic heterocycles. The van der Waals surface area contributed by atoms with Gasteiger partial charge in [0.15, 0.2) is 0 Å². The van der Waals surface area contributed by atoms with Crippen molar-refractivity contribution in [1.82, 2.24) is 20.2 Å². The maximum absolute atomic E-state index is 13.6. The van der Waals surface area contributed by atoms with E-state index in [9.17, 15) is 4.39 Å². The van der Waals surface area contributed by atoms with E-state index in [0.29, 0.717) is 17.9 Å². The predicted octanol–water partition coefficient (Wildman–Crippen LogP) is 0.873. The molecule has 1 fully saturated rings. The van der Waals surface area contributed by atoms with E-state index in [-0.39, 0.29) is 11.9 Å². The molecule has 0 saturated carbocycles. The topological polar surface area (TPSA) is 56.1 Å². The van der Waals surface area contributed by atoms with Gasteiger partial charge in [-0.05, 0) is 16.5 Å². The third-order valence-electron chi connectivity index (χ3n) is 2.28. The number of ether oxygens (including phenoxy) is 1. The summed E-state index contributed by atoms with van der Waals surface area (Å²) in [5.74, 6) is -0.287. The molecule has 0 N–H and O–H groups in total. The molecule has 1 aliphatic heterocycles. The monoisotopic (exact) mass is 206 g/mol. The second-order valence-corrected chi connectivity index (χ2v) is 3.28. The number of aromatic nitrogens is 4. The van der Waals surface area contributed by atoms with E-state index >= 15 is 0 Å². The quantitative estimate of drug-likeness (QED) is 0.684.